The van der Waals surface area contributed by atoms with Gasteiger partial charge < -0.3 is 4.74 Å². The van der Waals surface area contributed by atoms with Gasteiger partial charge in [-0.3, -0.25) is 9.59 Å². The number of hydrogen-bond donors (Lipinski definition) is 0. The van der Waals surface area contributed by atoms with E-state index in [2.05, 4.69) is 20.9 Å². The summed E-state index contributed by atoms with van der Waals surface area (Å²) in [6.45, 7) is 2.03. The van der Waals surface area contributed by atoms with Crippen molar-refractivity contribution in [1.29, 1.82) is 0 Å². The highest BCUT2D eigenvalue weighted by molar-refractivity contribution is 9.11. The highest BCUT2D eigenvalue weighted by Crippen LogP contribution is 2.38. The average Bonchev–Trinajstić information content (AvgIpc) is 2.57. The monoisotopic (exact) mass is 385 g/mol. The van der Waals surface area contributed by atoms with Gasteiger partial charge in [0.15, 0.2) is 0 Å². The minimum atomic E-state index is -0.415. The van der Waals surface area contributed by atoms with E-state index in [9.17, 15) is 9.59 Å². The molecule has 1 aliphatic heterocycles. The summed E-state index contributed by atoms with van der Waals surface area (Å²) in [7, 11) is 0. The average molecular weight is 386 g/mol. The molecule has 2 aliphatic rings. The van der Waals surface area contributed by atoms with E-state index in [0.717, 1.165) is 15.6 Å². The van der Waals surface area contributed by atoms with Crippen LogP contribution in [0.1, 0.15) is 18.9 Å². The first-order valence-corrected chi connectivity index (χ1v) is 8.52. The molecule has 0 bridgehead atoms. The van der Waals surface area contributed by atoms with E-state index in [-0.39, 0.29) is 24.9 Å². The number of esters is 1. The third kappa shape index (κ3) is 3.31. The first-order valence-electron chi connectivity index (χ1n) is 7.72. The van der Waals surface area contributed by atoms with Gasteiger partial charge >= 0.3 is 5.97 Å². The molecule has 0 fully saturated rings. The first-order chi connectivity index (χ1) is 11.6. The zero-order chi connectivity index (χ0) is 17.1. The summed E-state index contributed by atoms with van der Waals surface area (Å²) in [5.74, 6) is -0.944. The van der Waals surface area contributed by atoms with E-state index in [1.807, 2.05) is 48.6 Å². The number of ether oxygens (including phenoxy) is 1. The smallest absolute Gasteiger partial charge is 0.310 e. The van der Waals surface area contributed by atoms with E-state index in [0.29, 0.717) is 11.3 Å². The molecule has 122 valence electrons. The maximum absolute atomic E-state index is 12.5. The van der Waals surface area contributed by atoms with Gasteiger partial charge in [-0.2, -0.15) is 0 Å². The molecule has 0 aromatic heterocycles. The number of fused-ring (bicyclic) bond motifs is 1. The number of allylic oxidation sites excluding steroid dienone is 5. The Bertz CT molecular complexity index is 803. The number of rotatable bonds is 4. The van der Waals surface area contributed by atoms with Gasteiger partial charge in [0.2, 0.25) is 0 Å². The van der Waals surface area contributed by atoms with Crippen LogP contribution in [0, 0.1) is 5.92 Å². The largest absolute Gasteiger partial charge is 0.466 e. The van der Waals surface area contributed by atoms with Crippen LogP contribution in [0.2, 0.25) is 0 Å². The molecule has 0 radical (unpaired) electrons. The standard InChI is InChI=1S/C19H16BrNO3/c1-2-24-17(22)11-15-18(12-6-4-3-5-7-12)14-10-13(20)8-9-16(14)21-19(15)23/h3-10,14H,2,11H2,1H3. The van der Waals surface area contributed by atoms with E-state index in [1.54, 1.807) is 6.92 Å². The molecule has 5 heteroatoms. The van der Waals surface area contributed by atoms with Crippen LogP contribution < -0.4 is 0 Å². The number of nitrogens with zero attached hydrogens (tertiary/aromatic N) is 1. The summed E-state index contributed by atoms with van der Waals surface area (Å²) in [4.78, 5) is 28.7. The summed E-state index contributed by atoms with van der Waals surface area (Å²) in [5, 5.41) is 0. The van der Waals surface area contributed by atoms with Crippen molar-refractivity contribution in [1.82, 2.24) is 0 Å². The molecule has 1 aromatic rings. The highest BCUT2D eigenvalue weighted by Gasteiger charge is 2.32. The number of dihydropyridines is 1. The lowest BCUT2D eigenvalue weighted by Crippen LogP contribution is -2.26. The molecule has 1 amide bonds. The van der Waals surface area contributed by atoms with Crippen LogP contribution in [0.4, 0.5) is 0 Å². The topological polar surface area (TPSA) is 55.7 Å². The number of carbonyl (C=O) groups excluding carboxylic acids is 2. The second kappa shape index (κ2) is 7.09. The molecule has 1 aromatic carbocycles. The van der Waals surface area contributed by atoms with Crippen molar-refractivity contribution < 1.29 is 14.3 Å². The summed E-state index contributed by atoms with van der Waals surface area (Å²) < 4.78 is 5.94. The zero-order valence-corrected chi connectivity index (χ0v) is 14.7. The van der Waals surface area contributed by atoms with Gasteiger partial charge in [0.05, 0.1) is 18.7 Å². The Kier molecular flexibility index (Phi) is 4.90. The fraction of sp³-hybridized carbons (Fsp3) is 0.211. The third-order valence-corrected chi connectivity index (χ3v) is 4.42. The summed E-state index contributed by atoms with van der Waals surface area (Å²) in [6.07, 6.45) is 5.62. The third-order valence-electron chi connectivity index (χ3n) is 3.89. The van der Waals surface area contributed by atoms with E-state index in [4.69, 9.17) is 4.74 Å². The Morgan fingerprint density at radius 3 is 2.71 bits per heavy atom. The lowest BCUT2D eigenvalue weighted by atomic mass is 9.80. The van der Waals surface area contributed by atoms with Gasteiger partial charge in [-0.25, -0.2) is 4.99 Å². The van der Waals surface area contributed by atoms with Crippen molar-refractivity contribution in [3.8, 4) is 0 Å². The number of halogens is 1. The van der Waals surface area contributed by atoms with E-state index < -0.39 is 5.97 Å². The fourth-order valence-electron chi connectivity index (χ4n) is 2.89. The SMILES string of the molecule is CCOC(=O)CC1=C(c2ccccc2)C2C=C(Br)C=CC2=NC1=O. The molecule has 4 nitrogen and oxygen atoms in total. The van der Waals surface area contributed by atoms with E-state index in [1.165, 1.54) is 0 Å². The molecular formula is C19H16BrNO3. The first kappa shape index (κ1) is 16.6. The molecule has 0 saturated carbocycles. The van der Waals surface area contributed by atoms with Crippen molar-refractivity contribution in [2.45, 2.75) is 13.3 Å². The zero-order valence-electron chi connectivity index (χ0n) is 13.2. The van der Waals surface area contributed by atoms with Gasteiger partial charge in [-0.15, -0.1) is 0 Å². The van der Waals surface area contributed by atoms with Gasteiger partial charge in [0, 0.05) is 16.0 Å². The van der Waals surface area contributed by atoms with Crippen LogP contribution in [0.3, 0.4) is 0 Å². The Morgan fingerprint density at radius 2 is 2.00 bits per heavy atom. The van der Waals surface area contributed by atoms with Gasteiger partial charge in [0.25, 0.3) is 5.91 Å². The minimum absolute atomic E-state index is 0.0701. The normalized spacial score (nSPS) is 19.6. The molecule has 3 rings (SSSR count). The second-order valence-electron chi connectivity index (χ2n) is 5.44. The minimum Gasteiger partial charge on any atom is -0.466 e. The predicted molar refractivity (Wildman–Crippen MR) is 96.7 cm³/mol. The summed E-state index contributed by atoms with van der Waals surface area (Å²) in [5.41, 5.74) is 2.82. The lowest BCUT2D eigenvalue weighted by molar-refractivity contribution is -0.142. The van der Waals surface area contributed by atoms with Gasteiger partial charge in [0.1, 0.15) is 0 Å². The van der Waals surface area contributed by atoms with Crippen LogP contribution >= 0.6 is 15.9 Å². The van der Waals surface area contributed by atoms with Crippen LogP contribution in [0.15, 0.2) is 63.6 Å². The van der Waals surface area contributed by atoms with Gasteiger partial charge in [-0.1, -0.05) is 52.3 Å². The quantitative estimate of drug-likeness (QED) is 0.739. The molecular weight excluding hydrogens is 370 g/mol. The van der Waals surface area contributed by atoms with Crippen molar-refractivity contribution in [3.63, 3.8) is 0 Å². The molecule has 24 heavy (non-hydrogen) atoms. The maximum Gasteiger partial charge on any atom is 0.310 e. The van der Waals surface area contributed by atoms with Crippen LogP contribution in [-0.2, 0) is 14.3 Å². The van der Waals surface area contributed by atoms with Crippen molar-refractivity contribution in [2.75, 3.05) is 6.61 Å². The number of benzene rings is 1. The van der Waals surface area contributed by atoms with Crippen molar-refractivity contribution in [2.24, 2.45) is 10.9 Å². The summed E-state index contributed by atoms with van der Waals surface area (Å²) >= 11 is 3.48. The number of hydrogen-bond acceptors (Lipinski definition) is 3. The molecule has 0 N–H and O–H groups in total. The molecule has 1 atom stereocenters. The second-order valence-corrected chi connectivity index (χ2v) is 6.36. The Hall–Kier alpha value is -2.27. The van der Waals surface area contributed by atoms with Crippen molar-refractivity contribution >= 4 is 39.1 Å². The van der Waals surface area contributed by atoms with Crippen molar-refractivity contribution in [3.05, 3.63) is 64.2 Å². The maximum atomic E-state index is 12.5. The Balaban J connectivity index is 2.12. The lowest BCUT2D eigenvalue weighted by Gasteiger charge is -2.27. The number of aliphatic imine (C=N–C) groups is 1. The Labute approximate surface area is 148 Å². The van der Waals surface area contributed by atoms with E-state index >= 15 is 0 Å². The molecule has 0 spiro atoms. The van der Waals surface area contributed by atoms with Gasteiger partial charge in [-0.05, 0) is 30.2 Å². The number of carbonyl (C=O) groups is 2. The van der Waals surface area contributed by atoms with Crippen LogP contribution in [-0.4, -0.2) is 24.2 Å². The molecule has 1 heterocycles. The molecule has 0 saturated heterocycles. The van der Waals surface area contributed by atoms with Crippen LogP contribution in [0.5, 0.6) is 0 Å². The molecule has 1 unspecified atom stereocenters. The summed E-state index contributed by atoms with van der Waals surface area (Å²) in [6, 6.07) is 9.63. The molecule has 1 aliphatic carbocycles. The highest BCUT2D eigenvalue weighted by atomic mass is 79.9. The van der Waals surface area contributed by atoms with Crippen LogP contribution in [0.25, 0.3) is 5.57 Å². The predicted octanol–water partition coefficient (Wildman–Crippen LogP) is 3.84. The Morgan fingerprint density at radius 1 is 1.25 bits per heavy atom. The number of amides is 1. The fourth-order valence-corrected chi connectivity index (χ4v) is 3.29.